The van der Waals surface area contributed by atoms with Crippen LogP contribution < -0.4 is 0 Å². The van der Waals surface area contributed by atoms with Crippen LogP contribution in [-0.2, 0) is 56.9 Å². The molecule has 0 aromatic rings. The smallest absolute Gasteiger partial charge is 0.305 e. The van der Waals surface area contributed by atoms with E-state index in [-0.39, 0.29) is 19.2 Å². The van der Waals surface area contributed by atoms with Gasteiger partial charge in [-0.2, -0.15) is 0 Å². The fourth-order valence-electron chi connectivity index (χ4n) is 4.01. The first-order valence-electron chi connectivity index (χ1n) is 17.8. The van der Waals surface area contributed by atoms with Gasteiger partial charge in [0.2, 0.25) is 0 Å². The summed E-state index contributed by atoms with van der Waals surface area (Å²) in [6.45, 7) is 12.1. The van der Waals surface area contributed by atoms with Gasteiger partial charge in [-0.1, -0.05) is 58.3 Å². The van der Waals surface area contributed by atoms with Crippen LogP contribution in [-0.4, -0.2) is 156 Å². The molecule has 0 saturated heterocycles. The molecule has 0 unspecified atom stereocenters. The number of carbonyl (C=O) groups excluding carboxylic acids is 1. The van der Waals surface area contributed by atoms with Crippen LogP contribution in [0.25, 0.3) is 0 Å². The van der Waals surface area contributed by atoms with E-state index in [1.54, 1.807) is 0 Å². The number of aliphatic hydroxyl groups excluding tert-OH is 1. The van der Waals surface area contributed by atoms with Crippen molar-refractivity contribution in [1.29, 1.82) is 0 Å². The Morgan fingerprint density at radius 3 is 0.915 bits per heavy atom. The van der Waals surface area contributed by atoms with Crippen molar-refractivity contribution in [3.05, 3.63) is 0 Å². The topological polar surface area (TPSA) is 139 Å². The standard InChI is InChI=1S/C34H68O13/c1-2-3-4-5-6-7-8-9-10-11-34(36)47-33-32-46-31-30-45-29-28-44-27-26-43-25-24-42-23-22-41-21-20-40-19-18-39-17-16-38-15-14-37-13-12-35/h35H,2-33H2,1H3. The molecule has 0 amide bonds. The fraction of sp³-hybridized carbons (Fsp3) is 0.971. The number of ether oxygens (including phenoxy) is 11. The number of carbonyl (C=O) groups is 1. The predicted octanol–water partition coefficient (Wildman–Crippen LogP) is 3.61. The highest BCUT2D eigenvalue weighted by molar-refractivity contribution is 5.69. The third-order valence-electron chi connectivity index (χ3n) is 6.56. The Morgan fingerprint density at radius 2 is 0.617 bits per heavy atom. The van der Waals surface area contributed by atoms with Gasteiger partial charge in [-0.3, -0.25) is 4.79 Å². The first kappa shape index (κ1) is 46.0. The molecule has 13 heteroatoms. The first-order chi connectivity index (χ1) is 23.3. The minimum absolute atomic E-state index is 0.0239. The summed E-state index contributed by atoms with van der Waals surface area (Å²) in [7, 11) is 0. The summed E-state index contributed by atoms with van der Waals surface area (Å²) < 4.78 is 59.3. The third kappa shape index (κ3) is 43.0. The average Bonchev–Trinajstić information content (AvgIpc) is 3.08. The zero-order chi connectivity index (χ0) is 34.0. The largest absolute Gasteiger partial charge is 0.463 e. The van der Waals surface area contributed by atoms with E-state index in [2.05, 4.69) is 6.92 Å². The van der Waals surface area contributed by atoms with Gasteiger partial charge in [0.15, 0.2) is 0 Å². The molecule has 0 heterocycles. The van der Waals surface area contributed by atoms with Crippen LogP contribution in [0.2, 0.25) is 0 Å². The van der Waals surface area contributed by atoms with Crippen LogP contribution in [0.1, 0.15) is 71.1 Å². The SMILES string of the molecule is CCCCCCCCCCCC(=O)OCCOCCOCCOCCOCCOCCOCCOCCOCCOCCOCCO. The second kappa shape index (κ2) is 43.1. The Bertz CT molecular complexity index is 586. The Morgan fingerprint density at radius 1 is 0.362 bits per heavy atom. The molecule has 282 valence electrons. The van der Waals surface area contributed by atoms with Gasteiger partial charge in [0, 0.05) is 6.42 Å². The average molecular weight is 685 g/mol. The van der Waals surface area contributed by atoms with E-state index in [1.165, 1.54) is 44.9 Å². The molecular formula is C34H68O13. The van der Waals surface area contributed by atoms with Gasteiger partial charge < -0.3 is 57.2 Å². The van der Waals surface area contributed by atoms with E-state index in [4.69, 9.17) is 57.2 Å². The summed E-state index contributed by atoms with van der Waals surface area (Å²) in [6.07, 6.45) is 11.6. The fourth-order valence-corrected chi connectivity index (χ4v) is 4.01. The minimum Gasteiger partial charge on any atom is -0.463 e. The van der Waals surface area contributed by atoms with Crippen molar-refractivity contribution >= 4 is 5.97 Å². The number of esters is 1. The molecule has 0 aromatic carbocycles. The normalized spacial score (nSPS) is 11.4. The minimum atomic E-state index is -0.138. The predicted molar refractivity (Wildman–Crippen MR) is 178 cm³/mol. The van der Waals surface area contributed by atoms with Gasteiger partial charge in [0.25, 0.3) is 0 Å². The molecule has 0 radical (unpaired) electrons. The molecule has 0 aliphatic carbocycles. The van der Waals surface area contributed by atoms with E-state index < -0.39 is 0 Å². The van der Waals surface area contributed by atoms with Gasteiger partial charge >= 0.3 is 5.97 Å². The van der Waals surface area contributed by atoms with E-state index in [0.29, 0.717) is 139 Å². The van der Waals surface area contributed by atoms with Crippen LogP contribution in [0.5, 0.6) is 0 Å². The van der Waals surface area contributed by atoms with Crippen molar-refractivity contribution in [3.8, 4) is 0 Å². The Labute approximate surface area is 284 Å². The van der Waals surface area contributed by atoms with Crippen molar-refractivity contribution < 1.29 is 62.0 Å². The van der Waals surface area contributed by atoms with Crippen molar-refractivity contribution in [2.24, 2.45) is 0 Å². The summed E-state index contributed by atoms with van der Waals surface area (Å²) in [5.41, 5.74) is 0. The molecule has 0 rings (SSSR count). The maximum atomic E-state index is 11.8. The van der Waals surface area contributed by atoms with Gasteiger partial charge in [-0.25, -0.2) is 0 Å². The lowest BCUT2D eigenvalue weighted by molar-refractivity contribution is -0.145. The second-order valence-corrected chi connectivity index (χ2v) is 10.6. The summed E-state index contributed by atoms with van der Waals surface area (Å²) in [5.74, 6) is -0.138. The number of hydrogen-bond donors (Lipinski definition) is 1. The van der Waals surface area contributed by atoms with Crippen LogP contribution >= 0.6 is 0 Å². The van der Waals surface area contributed by atoms with Gasteiger partial charge in [0.1, 0.15) is 6.61 Å². The number of hydrogen-bond acceptors (Lipinski definition) is 13. The van der Waals surface area contributed by atoms with E-state index in [1.807, 2.05) is 0 Å². The van der Waals surface area contributed by atoms with E-state index >= 15 is 0 Å². The molecule has 0 saturated carbocycles. The number of aliphatic hydroxyl groups is 1. The molecule has 0 aliphatic rings. The molecule has 0 atom stereocenters. The van der Waals surface area contributed by atoms with Crippen molar-refractivity contribution in [2.45, 2.75) is 71.1 Å². The molecule has 0 aromatic heterocycles. The summed E-state index contributed by atoms with van der Waals surface area (Å²) >= 11 is 0. The zero-order valence-corrected chi connectivity index (χ0v) is 29.5. The maximum absolute atomic E-state index is 11.8. The van der Waals surface area contributed by atoms with E-state index in [0.717, 1.165) is 12.8 Å². The lowest BCUT2D eigenvalue weighted by Crippen LogP contribution is -2.15. The summed E-state index contributed by atoms with van der Waals surface area (Å²) in [5, 5.41) is 8.58. The maximum Gasteiger partial charge on any atom is 0.305 e. The molecule has 1 N–H and O–H groups in total. The summed E-state index contributed by atoms with van der Waals surface area (Å²) in [4.78, 5) is 11.8. The molecule has 0 spiro atoms. The van der Waals surface area contributed by atoms with Gasteiger partial charge in [-0.15, -0.1) is 0 Å². The molecule has 0 bridgehead atoms. The van der Waals surface area contributed by atoms with E-state index in [9.17, 15) is 4.79 Å². The number of unbranched alkanes of at least 4 members (excludes halogenated alkanes) is 8. The lowest BCUT2D eigenvalue weighted by atomic mass is 10.1. The van der Waals surface area contributed by atoms with Crippen LogP contribution in [0, 0.1) is 0 Å². The van der Waals surface area contributed by atoms with Crippen molar-refractivity contribution in [1.82, 2.24) is 0 Å². The lowest BCUT2D eigenvalue weighted by Gasteiger charge is -2.09. The molecular weight excluding hydrogens is 616 g/mol. The monoisotopic (exact) mass is 684 g/mol. The number of rotatable bonds is 42. The summed E-state index contributed by atoms with van der Waals surface area (Å²) in [6, 6.07) is 0. The highest BCUT2D eigenvalue weighted by Gasteiger charge is 2.03. The first-order valence-corrected chi connectivity index (χ1v) is 17.8. The quantitative estimate of drug-likeness (QED) is 0.0741. The highest BCUT2D eigenvalue weighted by atomic mass is 16.6. The molecule has 0 aliphatic heterocycles. The Hall–Kier alpha value is -0.970. The Balaban J connectivity index is 3.10. The second-order valence-electron chi connectivity index (χ2n) is 10.6. The highest BCUT2D eigenvalue weighted by Crippen LogP contribution is 2.10. The van der Waals surface area contributed by atoms with Gasteiger partial charge in [0.05, 0.1) is 139 Å². The van der Waals surface area contributed by atoms with Crippen LogP contribution in [0.3, 0.4) is 0 Å². The van der Waals surface area contributed by atoms with Crippen molar-refractivity contribution in [3.63, 3.8) is 0 Å². The zero-order valence-electron chi connectivity index (χ0n) is 29.5. The Kier molecular flexibility index (Phi) is 42.2. The van der Waals surface area contributed by atoms with Gasteiger partial charge in [-0.05, 0) is 6.42 Å². The van der Waals surface area contributed by atoms with Crippen LogP contribution in [0.4, 0.5) is 0 Å². The molecule has 0 fully saturated rings. The molecule has 13 nitrogen and oxygen atoms in total. The van der Waals surface area contributed by atoms with Crippen molar-refractivity contribution in [2.75, 3.05) is 145 Å². The van der Waals surface area contributed by atoms with Crippen LogP contribution in [0.15, 0.2) is 0 Å². The third-order valence-corrected chi connectivity index (χ3v) is 6.56. The molecule has 47 heavy (non-hydrogen) atoms.